The maximum Gasteiger partial charge on any atom is 0.271 e. The van der Waals surface area contributed by atoms with Crippen molar-refractivity contribution in [2.75, 3.05) is 5.32 Å². The fourth-order valence-electron chi connectivity index (χ4n) is 5.37. The zero-order valence-electron chi connectivity index (χ0n) is 12.8. The number of anilines is 1. The molecule has 4 saturated carbocycles. The molecule has 4 aliphatic rings. The van der Waals surface area contributed by atoms with Gasteiger partial charge >= 0.3 is 0 Å². The molecular formula is C17H19FN2O3. The Bertz CT molecular complexity index is 653. The largest absolute Gasteiger partial charge is 0.323 e. The predicted octanol–water partition coefficient (Wildman–Crippen LogP) is 3.89. The molecule has 5 rings (SSSR count). The van der Waals surface area contributed by atoms with Gasteiger partial charge in [0.1, 0.15) is 5.82 Å². The third kappa shape index (κ3) is 2.40. The lowest BCUT2D eigenvalue weighted by molar-refractivity contribution is -0.384. The second-order valence-corrected chi connectivity index (χ2v) is 7.57. The van der Waals surface area contributed by atoms with Crippen molar-refractivity contribution in [1.82, 2.24) is 0 Å². The Morgan fingerprint density at radius 3 is 2.26 bits per heavy atom. The van der Waals surface area contributed by atoms with Gasteiger partial charge in [-0.3, -0.25) is 14.9 Å². The molecular weight excluding hydrogens is 299 g/mol. The van der Waals surface area contributed by atoms with Gasteiger partial charge in [-0.2, -0.15) is 0 Å². The van der Waals surface area contributed by atoms with Gasteiger partial charge in [-0.05, 0) is 62.3 Å². The lowest BCUT2D eigenvalue weighted by atomic mass is 9.49. The summed E-state index contributed by atoms with van der Waals surface area (Å²) in [5, 5.41) is 13.5. The van der Waals surface area contributed by atoms with E-state index >= 15 is 0 Å². The maximum absolute atomic E-state index is 13.9. The molecule has 122 valence electrons. The summed E-state index contributed by atoms with van der Waals surface area (Å²) in [5.74, 6) is 1.05. The van der Waals surface area contributed by atoms with Gasteiger partial charge in [-0.25, -0.2) is 4.39 Å². The van der Waals surface area contributed by atoms with Gasteiger partial charge < -0.3 is 5.32 Å². The van der Waals surface area contributed by atoms with E-state index in [2.05, 4.69) is 5.32 Å². The summed E-state index contributed by atoms with van der Waals surface area (Å²) in [6, 6.07) is 3.25. The summed E-state index contributed by atoms with van der Waals surface area (Å²) >= 11 is 0. The van der Waals surface area contributed by atoms with Crippen molar-refractivity contribution in [3.05, 3.63) is 34.1 Å². The normalized spacial score (nSPS) is 34.4. The molecule has 0 aromatic heterocycles. The lowest BCUT2D eigenvalue weighted by Crippen LogP contribution is -2.51. The number of carbonyl (C=O) groups excluding carboxylic acids is 1. The quantitative estimate of drug-likeness (QED) is 0.679. The molecule has 5 nitrogen and oxygen atoms in total. The Balaban J connectivity index is 1.59. The van der Waals surface area contributed by atoms with Gasteiger partial charge in [0.25, 0.3) is 5.69 Å². The van der Waals surface area contributed by atoms with Crippen LogP contribution < -0.4 is 5.32 Å². The van der Waals surface area contributed by atoms with E-state index in [0.29, 0.717) is 17.8 Å². The van der Waals surface area contributed by atoms with E-state index in [1.54, 1.807) is 0 Å². The highest BCUT2D eigenvalue weighted by Gasteiger charge is 2.54. The first-order chi connectivity index (χ1) is 10.9. The first-order valence-corrected chi connectivity index (χ1v) is 8.20. The SMILES string of the molecule is O=C(Nc1cc([N+](=O)[O-])ccc1F)C12CC3CC(CC(C3)C1)C2. The van der Waals surface area contributed by atoms with Crippen LogP contribution in [0.2, 0.25) is 0 Å². The monoisotopic (exact) mass is 318 g/mol. The average molecular weight is 318 g/mol. The highest BCUT2D eigenvalue weighted by molar-refractivity contribution is 5.96. The molecule has 6 heteroatoms. The van der Waals surface area contributed by atoms with Crippen LogP contribution in [0.15, 0.2) is 18.2 Å². The number of rotatable bonds is 3. The molecule has 0 aliphatic heterocycles. The van der Waals surface area contributed by atoms with Crippen LogP contribution in [0.3, 0.4) is 0 Å². The van der Waals surface area contributed by atoms with E-state index in [0.717, 1.165) is 37.5 Å². The molecule has 1 aromatic carbocycles. The molecule has 0 saturated heterocycles. The Kier molecular flexibility index (Phi) is 3.18. The molecule has 4 bridgehead atoms. The van der Waals surface area contributed by atoms with Crippen LogP contribution in [0, 0.1) is 39.1 Å². The number of halogens is 1. The third-order valence-electron chi connectivity index (χ3n) is 5.93. The second kappa shape index (κ2) is 5.01. The van der Waals surface area contributed by atoms with E-state index in [9.17, 15) is 19.3 Å². The van der Waals surface area contributed by atoms with Gasteiger partial charge in [0.15, 0.2) is 0 Å². The van der Waals surface area contributed by atoms with Crippen LogP contribution in [0.4, 0.5) is 15.8 Å². The minimum absolute atomic E-state index is 0.0834. The molecule has 0 spiro atoms. The zero-order valence-corrected chi connectivity index (χ0v) is 12.8. The molecule has 1 aromatic rings. The van der Waals surface area contributed by atoms with Crippen LogP contribution in [0.5, 0.6) is 0 Å². The summed E-state index contributed by atoms with van der Waals surface area (Å²) in [7, 11) is 0. The highest BCUT2D eigenvalue weighted by atomic mass is 19.1. The fourth-order valence-corrected chi connectivity index (χ4v) is 5.37. The van der Waals surface area contributed by atoms with E-state index in [-0.39, 0.29) is 17.3 Å². The Labute approximate surface area is 133 Å². The van der Waals surface area contributed by atoms with Crippen molar-refractivity contribution in [2.24, 2.45) is 23.2 Å². The van der Waals surface area contributed by atoms with Gasteiger partial charge in [-0.15, -0.1) is 0 Å². The summed E-state index contributed by atoms with van der Waals surface area (Å²) < 4.78 is 13.9. The van der Waals surface area contributed by atoms with Crippen LogP contribution >= 0.6 is 0 Å². The van der Waals surface area contributed by atoms with Gasteiger partial charge in [0, 0.05) is 12.1 Å². The summed E-state index contributed by atoms with van der Waals surface area (Å²) in [4.78, 5) is 23.1. The topological polar surface area (TPSA) is 72.2 Å². The lowest BCUT2D eigenvalue weighted by Gasteiger charge is -2.55. The number of non-ortho nitro benzene ring substituents is 1. The van der Waals surface area contributed by atoms with Crippen molar-refractivity contribution in [3.8, 4) is 0 Å². The van der Waals surface area contributed by atoms with Crippen LogP contribution in [-0.4, -0.2) is 10.8 Å². The minimum Gasteiger partial charge on any atom is -0.323 e. The van der Waals surface area contributed by atoms with Crippen LogP contribution in [-0.2, 0) is 4.79 Å². The first-order valence-electron chi connectivity index (χ1n) is 8.20. The number of amides is 1. The van der Waals surface area contributed by atoms with Gasteiger partial charge in [-0.1, -0.05) is 0 Å². The first kappa shape index (κ1) is 14.6. The van der Waals surface area contributed by atoms with E-state index in [1.807, 2.05) is 0 Å². The Hall–Kier alpha value is -1.98. The molecule has 4 fully saturated rings. The standard InChI is InChI=1S/C17H19FN2O3/c18-14-2-1-13(20(22)23)6-15(14)19-16(21)17-7-10-3-11(8-17)5-12(4-10)9-17/h1-2,6,10-12H,3-5,7-9H2,(H,19,21). The average Bonchev–Trinajstić information content (AvgIpc) is 2.47. The number of hydrogen-bond acceptors (Lipinski definition) is 3. The van der Waals surface area contributed by atoms with E-state index in [4.69, 9.17) is 0 Å². The third-order valence-corrected chi connectivity index (χ3v) is 5.93. The van der Waals surface area contributed by atoms with Gasteiger partial charge in [0.2, 0.25) is 5.91 Å². The second-order valence-electron chi connectivity index (χ2n) is 7.57. The number of hydrogen-bond donors (Lipinski definition) is 1. The van der Waals surface area contributed by atoms with Crippen molar-refractivity contribution in [2.45, 2.75) is 38.5 Å². The number of nitro benzene ring substituents is 1. The fraction of sp³-hybridized carbons (Fsp3) is 0.588. The van der Waals surface area contributed by atoms with Crippen molar-refractivity contribution < 1.29 is 14.1 Å². The summed E-state index contributed by atoms with van der Waals surface area (Å²) in [6.45, 7) is 0. The summed E-state index contributed by atoms with van der Waals surface area (Å²) in [5.41, 5.74) is -0.696. The Morgan fingerprint density at radius 2 is 1.74 bits per heavy atom. The highest BCUT2D eigenvalue weighted by Crippen LogP contribution is 2.60. The molecule has 4 aliphatic carbocycles. The molecule has 0 atom stereocenters. The van der Waals surface area contributed by atoms with E-state index < -0.39 is 16.2 Å². The number of nitro groups is 1. The number of nitrogens with zero attached hydrogens (tertiary/aromatic N) is 1. The van der Waals surface area contributed by atoms with Crippen molar-refractivity contribution in [1.29, 1.82) is 0 Å². The maximum atomic E-state index is 13.9. The number of benzene rings is 1. The molecule has 1 amide bonds. The molecule has 0 unspecified atom stereocenters. The van der Waals surface area contributed by atoms with Gasteiger partial charge in [0.05, 0.1) is 16.0 Å². The molecule has 0 heterocycles. The van der Waals surface area contributed by atoms with Crippen LogP contribution in [0.25, 0.3) is 0 Å². The molecule has 23 heavy (non-hydrogen) atoms. The van der Waals surface area contributed by atoms with Crippen molar-refractivity contribution in [3.63, 3.8) is 0 Å². The van der Waals surface area contributed by atoms with E-state index in [1.165, 1.54) is 19.3 Å². The molecule has 1 N–H and O–H groups in total. The number of nitrogens with one attached hydrogen (secondary N) is 1. The predicted molar refractivity (Wildman–Crippen MR) is 82.3 cm³/mol. The van der Waals surface area contributed by atoms with Crippen molar-refractivity contribution >= 4 is 17.3 Å². The molecule has 0 radical (unpaired) electrons. The zero-order chi connectivity index (χ0) is 16.2. The minimum atomic E-state index is -0.631. The summed E-state index contributed by atoms with van der Waals surface area (Å²) in [6.07, 6.45) is 6.29. The Morgan fingerprint density at radius 1 is 1.17 bits per heavy atom. The number of carbonyl (C=O) groups is 1. The van der Waals surface area contributed by atoms with Crippen LogP contribution in [0.1, 0.15) is 38.5 Å². The smallest absolute Gasteiger partial charge is 0.271 e.